The van der Waals surface area contributed by atoms with Crippen LogP contribution >= 0.6 is 27.5 Å². The van der Waals surface area contributed by atoms with Crippen molar-refractivity contribution in [1.29, 1.82) is 0 Å². The van der Waals surface area contributed by atoms with Crippen LogP contribution in [0.15, 0.2) is 46.9 Å². The van der Waals surface area contributed by atoms with E-state index in [2.05, 4.69) is 27.3 Å². The molecule has 1 fully saturated rings. The zero-order valence-corrected chi connectivity index (χ0v) is 13.1. The van der Waals surface area contributed by atoms with Crippen LogP contribution in [0.5, 0.6) is 0 Å². The quantitative estimate of drug-likeness (QED) is 0.756. The van der Waals surface area contributed by atoms with Crippen LogP contribution in [0.2, 0.25) is 5.02 Å². The number of hydrogen-bond acceptors (Lipinski definition) is 1. The third kappa shape index (κ3) is 2.99. The number of benzene rings is 2. The molecular formula is C16H14BrClFN. The van der Waals surface area contributed by atoms with Crippen LogP contribution in [0.1, 0.15) is 24.3 Å². The Morgan fingerprint density at radius 2 is 1.95 bits per heavy atom. The van der Waals surface area contributed by atoms with Crippen molar-refractivity contribution in [2.75, 3.05) is 5.32 Å². The Morgan fingerprint density at radius 3 is 2.70 bits per heavy atom. The summed E-state index contributed by atoms with van der Waals surface area (Å²) in [5.41, 5.74) is 1.83. The monoisotopic (exact) mass is 353 g/mol. The molecule has 0 spiro atoms. The SMILES string of the molecule is Fc1ccc(Br)cc1NC1CC(c2cccc(Cl)c2)C1. The van der Waals surface area contributed by atoms with Crippen molar-refractivity contribution in [3.8, 4) is 0 Å². The molecule has 0 saturated heterocycles. The summed E-state index contributed by atoms with van der Waals surface area (Å²) in [7, 11) is 0. The van der Waals surface area contributed by atoms with Gasteiger partial charge in [-0.3, -0.25) is 0 Å². The lowest BCUT2D eigenvalue weighted by molar-refractivity contribution is 0.373. The minimum Gasteiger partial charge on any atom is -0.380 e. The number of anilines is 1. The second-order valence-electron chi connectivity index (χ2n) is 5.19. The highest BCUT2D eigenvalue weighted by molar-refractivity contribution is 9.10. The van der Waals surface area contributed by atoms with Crippen LogP contribution in [-0.4, -0.2) is 6.04 Å². The molecule has 1 aliphatic carbocycles. The van der Waals surface area contributed by atoms with E-state index < -0.39 is 0 Å². The number of nitrogens with one attached hydrogen (secondary N) is 1. The molecule has 0 atom stereocenters. The smallest absolute Gasteiger partial charge is 0.146 e. The van der Waals surface area contributed by atoms with E-state index in [1.54, 1.807) is 12.1 Å². The van der Waals surface area contributed by atoms with Crippen molar-refractivity contribution in [3.63, 3.8) is 0 Å². The first-order chi connectivity index (χ1) is 9.61. The van der Waals surface area contributed by atoms with Crippen molar-refractivity contribution in [2.45, 2.75) is 24.8 Å². The molecule has 0 heterocycles. The fourth-order valence-electron chi connectivity index (χ4n) is 2.60. The molecule has 0 amide bonds. The lowest BCUT2D eigenvalue weighted by Crippen LogP contribution is -2.34. The summed E-state index contributed by atoms with van der Waals surface area (Å²) in [5, 5.41) is 4.04. The lowest BCUT2D eigenvalue weighted by Gasteiger charge is -2.37. The predicted octanol–water partition coefficient (Wildman–Crippen LogP) is 5.60. The first kappa shape index (κ1) is 13.9. The second-order valence-corrected chi connectivity index (χ2v) is 6.54. The topological polar surface area (TPSA) is 12.0 Å². The van der Waals surface area contributed by atoms with E-state index in [1.165, 1.54) is 11.6 Å². The van der Waals surface area contributed by atoms with E-state index >= 15 is 0 Å². The molecule has 0 bridgehead atoms. The predicted molar refractivity (Wildman–Crippen MR) is 84.9 cm³/mol. The summed E-state index contributed by atoms with van der Waals surface area (Å²) in [6, 6.07) is 13.3. The zero-order chi connectivity index (χ0) is 14.1. The molecule has 4 heteroatoms. The maximum absolute atomic E-state index is 13.7. The third-order valence-electron chi connectivity index (χ3n) is 3.75. The van der Waals surface area contributed by atoms with Gasteiger partial charge in [-0.2, -0.15) is 0 Å². The molecule has 1 N–H and O–H groups in total. The number of rotatable bonds is 3. The Balaban J connectivity index is 1.62. The molecule has 104 valence electrons. The molecule has 0 unspecified atom stereocenters. The Labute approximate surface area is 131 Å². The van der Waals surface area contributed by atoms with Crippen molar-refractivity contribution in [2.24, 2.45) is 0 Å². The molecule has 0 aromatic heterocycles. The van der Waals surface area contributed by atoms with Crippen molar-refractivity contribution in [3.05, 3.63) is 63.3 Å². The second kappa shape index (κ2) is 5.74. The van der Waals surface area contributed by atoms with E-state index in [0.29, 0.717) is 17.6 Å². The third-order valence-corrected chi connectivity index (χ3v) is 4.47. The largest absolute Gasteiger partial charge is 0.380 e. The van der Waals surface area contributed by atoms with Crippen molar-refractivity contribution in [1.82, 2.24) is 0 Å². The van der Waals surface area contributed by atoms with E-state index in [1.807, 2.05) is 18.2 Å². The highest BCUT2D eigenvalue weighted by Crippen LogP contribution is 2.39. The average Bonchev–Trinajstić information content (AvgIpc) is 2.37. The molecule has 0 radical (unpaired) electrons. The van der Waals surface area contributed by atoms with Gasteiger partial charge in [0.25, 0.3) is 0 Å². The van der Waals surface area contributed by atoms with Crippen molar-refractivity contribution < 1.29 is 4.39 Å². The minimum absolute atomic E-state index is 0.209. The van der Waals surface area contributed by atoms with Crippen LogP contribution in [-0.2, 0) is 0 Å². The Kier molecular flexibility index (Phi) is 3.99. The van der Waals surface area contributed by atoms with Crippen LogP contribution in [0.25, 0.3) is 0 Å². The van der Waals surface area contributed by atoms with E-state index in [0.717, 1.165) is 22.3 Å². The van der Waals surface area contributed by atoms with Crippen molar-refractivity contribution >= 4 is 33.2 Å². The van der Waals surface area contributed by atoms with E-state index in [9.17, 15) is 4.39 Å². The highest BCUT2D eigenvalue weighted by Gasteiger charge is 2.30. The summed E-state index contributed by atoms with van der Waals surface area (Å²) in [5.74, 6) is 0.306. The van der Waals surface area contributed by atoms with E-state index in [4.69, 9.17) is 11.6 Å². The zero-order valence-electron chi connectivity index (χ0n) is 10.7. The summed E-state index contributed by atoms with van der Waals surface area (Å²) in [6.45, 7) is 0. The first-order valence-corrected chi connectivity index (χ1v) is 7.76. The standard InChI is InChI=1S/C16H14BrClFN/c17-12-4-5-15(19)16(9-12)20-14-7-11(8-14)10-2-1-3-13(18)6-10/h1-6,9,11,14,20H,7-8H2. The molecule has 1 aliphatic rings. The number of hydrogen-bond donors (Lipinski definition) is 1. The van der Waals surface area contributed by atoms with Gasteiger partial charge < -0.3 is 5.32 Å². The molecular weight excluding hydrogens is 341 g/mol. The van der Waals surface area contributed by atoms with Gasteiger partial charge in [-0.1, -0.05) is 39.7 Å². The van der Waals surface area contributed by atoms with Gasteiger partial charge in [-0.15, -0.1) is 0 Å². The van der Waals surface area contributed by atoms with Gasteiger partial charge in [-0.05, 0) is 54.7 Å². The van der Waals surface area contributed by atoms with Crippen LogP contribution in [0.4, 0.5) is 10.1 Å². The maximum Gasteiger partial charge on any atom is 0.146 e. The van der Waals surface area contributed by atoms with Gasteiger partial charge in [-0.25, -0.2) is 4.39 Å². The van der Waals surface area contributed by atoms with E-state index in [-0.39, 0.29) is 5.82 Å². The maximum atomic E-state index is 13.7. The highest BCUT2D eigenvalue weighted by atomic mass is 79.9. The van der Waals surface area contributed by atoms with Gasteiger partial charge in [0.15, 0.2) is 0 Å². The Morgan fingerprint density at radius 1 is 1.15 bits per heavy atom. The molecule has 2 aromatic carbocycles. The average molecular weight is 355 g/mol. The molecule has 2 aromatic rings. The van der Waals surface area contributed by atoms with Gasteiger partial charge >= 0.3 is 0 Å². The van der Waals surface area contributed by atoms with Gasteiger partial charge in [0.05, 0.1) is 5.69 Å². The molecule has 1 nitrogen and oxygen atoms in total. The Bertz CT molecular complexity index is 626. The fraction of sp³-hybridized carbons (Fsp3) is 0.250. The Hall–Kier alpha value is -1.06. The summed E-state index contributed by atoms with van der Waals surface area (Å²) in [4.78, 5) is 0. The molecule has 0 aliphatic heterocycles. The summed E-state index contributed by atoms with van der Waals surface area (Å²) >= 11 is 9.37. The summed E-state index contributed by atoms with van der Waals surface area (Å²) in [6.07, 6.45) is 2.01. The van der Waals surface area contributed by atoms with Gasteiger partial charge in [0, 0.05) is 15.5 Å². The summed E-state index contributed by atoms with van der Waals surface area (Å²) < 4.78 is 14.5. The van der Waals surface area contributed by atoms with Crippen LogP contribution in [0.3, 0.4) is 0 Å². The molecule has 1 saturated carbocycles. The number of halogens is 3. The lowest BCUT2D eigenvalue weighted by atomic mass is 9.76. The molecule has 3 rings (SSSR count). The minimum atomic E-state index is -0.209. The van der Waals surface area contributed by atoms with Gasteiger partial charge in [0.2, 0.25) is 0 Å². The fourth-order valence-corrected chi connectivity index (χ4v) is 3.16. The van der Waals surface area contributed by atoms with Crippen LogP contribution in [0, 0.1) is 5.82 Å². The first-order valence-electron chi connectivity index (χ1n) is 6.59. The normalized spacial score (nSPS) is 21.4. The van der Waals surface area contributed by atoms with Gasteiger partial charge in [0.1, 0.15) is 5.82 Å². The van der Waals surface area contributed by atoms with Crippen LogP contribution < -0.4 is 5.32 Å². The molecule has 20 heavy (non-hydrogen) atoms.